The molecule has 0 aliphatic rings. The molecule has 0 unspecified atom stereocenters. The topological polar surface area (TPSA) is 43.4 Å². The highest BCUT2D eigenvalue weighted by molar-refractivity contribution is 8.33. The number of benzene rings is 3. The van der Waals surface area contributed by atoms with Gasteiger partial charge in [0.05, 0.1) is 5.56 Å². The third kappa shape index (κ3) is 5.13. The third-order valence-corrected chi connectivity index (χ3v) is 10.5. The molecule has 220 valence electrons. The lowest BCUT2D eigenvalue weighted by Gasteiger charge is -2.41. The van der Waals surface area contributed by atoms with E-state index in [1.165, 1.54) is 36.4 Å². The molecule has 0 aliphatic carbocycles. The van der Waals surface area contributed by atoms with Crippen LogP contribution >= 0.6 is 10.3 Å². The molecule has 3 aromatic rings. The molecule has 3 rings (SSSR count). The number of alkyl halides is 12. The van der Waals surface area contributed by atoms with Gasteiger partial charge in [-0.15, -0.1) is 0 Å². The summed E-state index contributed by atoms with van der Waals surface area (Å²) in [5.74, 6) is -15.1. The summed E-state index contributed by atoms with van der Waals surface area (Å²) < 4.78 is 192. The fourth-order valence-corrected chi connectivity index (χ4v) is 8.50. The molecule has 0 saturated carbocycles. The molecule has 3 aromatic carbocycles. The van der Waals surface area contributed by atoms with E-state index in [1.54, 1.807) is 0 Å². The van der Waals surface area contributed by atoms with Crippen molar-refractivity contribution in [1.29, 1.82) is 0 Å². The quantitative estimate of drug-likeness (QED) is 0.234. The minimum Gasteiger partial charge on any atom is -0.202 e. The van der Waals surface area contributed by atoms with Gasteiger partial charge in [0.15, 0.2) is 0 Å². The van der Waals surface area contributed by atoms with Crippen LogP contribution in [0.15, 0.2) is 99.6 Å². The first-order chi connectivity index (χ1) is 18.1. The molecule has 0 bridgehead atoms. The van der Waals surface area contributed by atoms with Gasteiger partial charge in [-0.3, -0.25) is 0 Å². The van der Waals surface area contributed by atoms with Crippen LogP contribution in [0, 0.1) is 0 Å². The maximum absolute atomic E-state index is 14.7. The van der Waals surface area contributed by atoms with Gasteiger partial charge < -0.3 is 0 Å². The van der Waals surface area contributed by atoms with Crippen molar-refractivity contribution >= 4 is 20.4 Å². The molecular formula is C23H14F12O3S2. The van der Waals surface area contributed by atoms with Crippen molar-refractivity contribution in [3.63, 3.8) is 0 Å². The second-order valence-electron chi connectivity index (χ2n) is 7.89. The Morgan fingerprint density at radius 2 is 0.875 bits per heavy atom. The lowest BCUT2D eigenvalue weighted by atomic mass is 10.1. The van der Waals surface area contributed by atoms with Gasteiger partial charge in [-0.2, -0.15) is 61.1 Å². The Morgan fingerprint density at radius 1 is 0.500 bits per heavy atom. The predicted molar refractivity (Wildman–Crippen MR) is 118 cm³/mol. The first-order valence-electron chi connectivity index (χ1n) is 10.4. The zero-order valence-electron chi connectivity index (χ0n) is 19.2. The molecule has 0 spiro atoms. The average molecular weight is 630 g/mol. The molecule has 0 radical (unpaired) electrons. The van der Waals surface area contributed by atoms with Crippen molar-refractivity contribution in [1.82, 2.24) is 0 Å². The summed E-state index contributed by atoms with van der Waals surface area (Å²) in [6, 6.07) is 13.3. The van der Waals surface area contributed by atoms with E-state index in [9.17, 15) is 61.1 Å². The Hall–Kier alpha value is -2.92. The highest BCUT2D eigenvalue weighted by Gasteiger charge is 2.86. The van der Waals surface area contributed by atoms with Gasteiger partial charge in [0, 0.05) is 14.7 Å². The zero-order chi connectivity index (χ0) is 30.4. The number of halogens is 12. The van der Waals surface area contributed by atoms with E-state index in [2.05, 4.69) is 3.63 Å². The van der Waals surface area contributed by atoms with Gasteiger partial charge in [0.2, 0.25) is 0 Å². The number of hydrogen-bond donors (Lipinski definition) is 0. The second-order valence-corrected chi connectivity index (χ2v) is 12.4. The molecule has 0 N–H and O–H groups in total. The Morgan fingerprint density at radius 3 is 1.23 bits per heavy atom. The van der Waals surface area contributed by atoms with Gasteiger partial charge >= 0.3 is 39.6 Å². The van der Waals surface area contributed by atoms with Crippen LogP contribution in [0.3, 0.4) is 0 Å². The number of rotatable bonds is 8. The summed E-state index contributed by atoms with van der Waals surface area (Å²) >= 11 is 0. The molecule has 0 heterocycles. The number of hydrogen-bond acceptors (Lipinski definition) is 3. The summed E-state index contributed by atoms with van der Waals surface area (Å²) in [7, 11) is -11.8. The van der Waals surface area contributed by atoms with Crippen LogP contribution in [0.25, 0.3) is 0 Å². The fourth-order valence-electron chi connectivity index (χ4n) is 3.28. The van der Waals surface area contributed by atoms with Crippen LogP contribution in [-0.2, 0) is 19.9 Å². The molecule has 3 nitrogen and oxygen atoms in total. The van der Waals surface area contributed by atoms with E-state index < -0.39 is 70.1 Å². The summed E-state index contributed by atoms with van der Waals surface area (Å²) in [6.45, 7) is 0. The summed E-state index contributed by atoms with van der Waals surface area (Å²) in [5, 5.41) is -7.20. The first kappa shape index (κ1) is 31.6. The van der Waals surface area contributed by atoms with Crippen LogP contribution in [0.1, 0.15) is 5.56 Å². The molecule has 0 amide bonds. The van der Waals surface area contributed by atoms with Crippen molar-refractivity contribution in [2.24, 2.45) is 0 Å². The monoisotopic (exact) mass is 630 g/mol. The molecule has 0 aromatic heterocycles. The SMILES string of the molecule is O=S(=O)(OS(c1ccccc1)(c1ccccc1)c1ccc(C(F)(F)F)cc1)C(F)(F)C(F)(F)C(F)(F)C(F)(F)F. The Balaban J connectivity index is 2.36. The normalized spacial score (nSPS) is 14.7. The maximum atomic E-state index is 14.7. The maximum Gasteiger partial charge on any atom is 0.460 e. The van der Waals surface area contributed by atoms with E-state index >= 15 is 0 Å². The zero-order valence-corrected chi connectivity index (χ0v) is 20.8. The highest BCUT2D eigenvalue weighted by Crippen LogP contribution is 2.71. The van der Waals surface area contributed by atoms with Crippen LogP contribution in [-0.4, -0.2) is 31.7 Å². The molecule has 0 atom stereocenters. The van der Waals surface area contributed by atoms with Crippen molar-refractivity contribution in [2.75, 3.05) is 0 Å². The van der Waals surface area contributed by atoms with Crippen molar-refractivity contribution < 1.29 is 64.7 Å². The van der Waals surface area contributed by atoms with Crippen molar-refractivity contribution in [3.05, 3.63) is 90.5 Å². The average Bonchev–Trinajstić information content (AvgIpc) is 2.87. The standard InChI is InChI=1S/C23H14F12O3S2/c24-19(25,26)15-11-13-18(14-12-15)39(16-7-3-1-4-8-16,17-9-5-2-6-10-17)38-40(36,37)23(34,35)21(29,30)20(27,28)22(31,32)33/h1-14H. The van der Waals surface area contributed by atoms with Crippen LogP contribution < -0.4 is 0 Å². The molecular weight excluding hydrogens is 616 g/mol. The Labute approximate surface area is 220 Å². The first-order valence-corrected chi connectivity index (χ1v) is 13.4. The van der Waals surface area contributed by atoms with Gasteiger partial charge in [-0.1, -0.05) is 36.4 Å². The fraction of sp³-hybridized carbons (Fsp3) is 0.217. The van der Waals surface area contributed by atoms with Gasteiger partial charge in [-0.25, -0.2) is 3.63 Å². The third-order valence-electron chi connectivity index (χ3n) is 5.29. The lowest BCUT2D eigenvalue weighted by Crippen LogP contribution is -2.63. The van der Waals surface area contributed by atoms with Crippen LogP contribution in [0.4, 0.5) is 52.7 Å². The van der Waals surface area contributed by atoms with Crippen molar-refractivity contribution in [3.8, 4) is 0 Å². The van der Waals surface area contributed by atoms with Crippen LogP contribution in [0.2, 0.25) is 0 Å². The Bertz CT molecular complexity index is 1380. The van der Waals surface area contributed by atoms with Gasteiger partial charge in [0.1, 0.15) is 0 Å². The van der Waals surface area contributed by atoms with E-state index in [1.807, 2.05) is 0 Å². The molecule has 40 heavy (non-hydrogen) atoms. The second kappa shape index (κ2) is 10.2. The van der Waals surface area contributed by atoms with E-state index in [0.717, 1.165) is 24.3 Å². The molecule has 0 fully saturated rings. The van der Waals surface area contributed by atoms with Crippen LogP contribution in [0.5, 0.6) is 0 Å². The molecule has 17 heteroatoms. The summed E-state index contributed by atoms with van der Waals surface area (Å²) in [5.41, 5.74) is -1.31. The minimum absolute atomic E-state index is 0.378. The largest absolute Gasteiger partial charge is 0.460 e. The minimum atomic E-state index is -7.59. The van der Waals surface area contributed by atoms with E-state index in [0.29, 0.717) is 24.3 Å². The van der Waals surface area contributed by atoms with Crippen molar-refractivity contribution in [2.45, 2.75) is 44.1 Å². The van der Waals surface area contributed by atoms with E-state index in [-0.39, 0.29) is 0 Å². The molecule has 0 saturated heterocycles. The summed E-state index contributed by atoms with van der Waals surface area (Å²) in [6.07, 6.45) is -12.3. The lowest BCUT2D eigenvalue weighted by molar-refractivity contribution is -0.382. The van der Waals surface area contributed by atoms with E-state index in [4.69, 9.17) is 0 Å². The Kier molecular flexibility index (Phi) is 8.03. The highest BCUT2D eigenvalue weighted by atomic mass is 32.3. The predicted octanol–water partition coefficient (Wildman–Crippen LogP) is 8.67. The van der Waals surface area contributed by atoms with Gasteiger partial charge in [-0.05, 0) is 58.8 Å². The smallest absolute Gasteiger partial charge is 0.202 e. The van der Waals surface area contributed by atoms with Gasteiger partial charge in [0.25, 0.3) is 0 Å². The molecule has 0 aliphatic heterocycles. The summed E-state index contributed by atoms with van der Waals surface area (Å²) in [4.78, 5) is -1.49.